The standard InChI is InChI=1S/C17H16N2O7/c1-7-9(16(22)23)4-11(20)14-12(26-3)6-18-8(2)10(17(24)25)5-13(21)19(18)15(7)14/h4-8H,1-3H3,(H,22,23)(H,24,25). The fraction of sp³-hybridized carbons (Fsp3) is 0.294. The molecule has 0 bridgehead atoms. The average Bonchev–Trinajstić information content (AvgIpc) is 2.58. The molecule has 1 amide bonds. The first-order valence-electron chi connectivity index (χ1n) is 7.75. The highest BCUT2D eigenvalue weighted by Gasteiger charge is 2.45. The summed E-state index contributed by atoms with van der Waals surface area (Å²) in [4.78, 5) is 48.0. The minimum Gasteiger partial charge on any atom is -0.494 e. The number of ketones is 1. The fourth-order valence-corrected chi connectivity index (χ4v) is 3.35. The summed E-state index contributed by atoms with van der Waals surface area (Å²) >= 11 is 0. The van der Waals surface area contributed by atoms with Gasteiger partial charge < -0.3 is 14.9 Å². The van der Waals surface area contributed by atoms with Crippen LogP contribution in [0.15, 0.2) is 46.5 Å². The Hall–Kier alpha value is -3.36. The molecule has 0 spiro atoms. The maximum Gasteiger partial charge on any atom is 0.333 e. The molecule has 2 atom stereocenters. The molecule has 9 heteroatoms. The number of carboxylic acids is 2. The van der Waals surface area contributed by atoms with Gasteiger partial charge in [-0.15, -0.1) is 0 Å². The van der Waals surface area contributed by atoms with Crippen molar-refractivity contribution in [3.8, 4) is 0 Å². The molecule has 9 nitrogen and oxygen atoms in total. The van der Waals surface area contributed by atoms with Crippen LogP contribution in [0.5, 0.6) is 0 Å². The molecule has 136 valence electrons. The van der Waals surface area contributed by atoms with E-state index in [-0.39, 0.29) is 28.2 Å². The molecule has 26 heavy (non-hydrogen) atoms. The number of rotatable bonds is 3. The minimum atomic E-state index is -1.27. The van der Waals surface area contributed by atoms with Gasteiger partial charge in [0.1, 0.15) is 5.76 Å². The zero-order valence-corrected chi connectivity index (χ0v) is 14.2. The third kappa shape index (κ3) is 2.32. The van der Waals surface area contributed by atoms with Crippen molar-refractivity contribution in [3.05, 3.63) is 46.5 Å². The van der Waals surface area contributed by atoms with E-state index >= 15 is 0 Å². The lowest BCUT2D eigenvalue weighted by atomic mass is 9.84. The molecular weight excluding hydrogens is 344 g/mol. The van der Waals surface area contributed by atoms with E-state index in [1.807, 2.05) is 0 Å². The highest BCUT2D eigenvalue weighted by atomic mass is 16.5. The van der Waals surface area contributed by atoms with Crippen molar-refractivity contribution in [1.82, 2.24) is 10.0 Å². The summed E-state index contributed by atoms with van der Waals surface area (Å²) in [6.45, 7) is 3.14. The number of allylic oxidation sites excluding steroid dienone is 3. The zero-order valence-electron chi connectivity index (χ0n) is 14.2. The number of hydrogen-bond acceptors (Lipinski definition) is 6. The number of hydrazine groups is 1. The topological polar surface area (TPSA) is 124 Å². The Morgan fingerprint density at radius 1 is 1.08 bits per heavy atom. The monoisotopic (exact) mass is 360 g/mol. The number of aliphatic carboxylic acids is 2. The number of amides is 1. The SMILES string of the molecule is COC1=CN2C(C)C(C(=O)O)=CC(=O)N2C2=C1C(=O)C=C(C(=O)O)C2C. The van der Waals surface area contributed by atoms with Gasteiger partial charge in [-0.2, -0.15) is 0 Å². The van der Waals surface area contributed by atoms with Crippen LogP contribution in [0.4, 0.5) is 0 Å². The quantitative estimate of drug-likeness (QED) is 0.742. The molecular formula is C17H16N2O7. The normalized spacial score (nSPS) is 25.1. The van der Waals surface area contributed by atoms with Gasteiger partial charge in [0, 0.05) is 17.6 Å². The third-order valence-electron chi connectivity index (χ3n) is 4.67. The van der Waals surface area contributed by atoms with E-state index in [9.17, 15) is 29.4 Å². The Balaban J connectivity index is 2.22. The van der Waals surface area contributed by atoms with Gasteiger partial charge in [0.25, 0.3) is 5.91 Å². The molecule has 0 fully saturated rings. The predicted octanol–water partition coefficient (Wildman–Crippen LogP) is 0.430. The second-order valence-corrected chi connectivity index (χ2v) is 6.06. The Labute approximate surface area is 148 Å². The van der Waals surface area contributed by atoms with Gasteiger partial charge in [0.15, 0.2) is 5.78 Å². The lowest BCUT2D eigenvalue weighted by Crippen LogP contribution is -2.55. The molecule has 2 unspecified atom stereocenters. The summed E-state index contributed by atoms with van der Waals surface area (Å²) in [6, 6.07) is -0.731. The number of nitrogens with zero attached hydrogens (tertiary/aromatic N) is 2. The predicted molar refractivity (Wildman–Crippen MR) is 85.9 cm³/mol. The van der Waals surface area contributed by atoms with E-state index in [4.69, 9.17) is 4.74 Å². The summed E-state index contributed by atoms with van der Waals surface area (Å²) in [5.74, 6) is -4.41. The second kappa shape index (κ2) is 5.87. The highest BCUT2D eigenvalue weighted by molar-refractivity contribution is 6.14. The van der Waals surface area contributed by atoms with Gasteiger partial charge in [-0.25, -0.2) is 14.6 Å². The van der Waals surface area contributed by atoms with Crippen molar-refractivity contribution in [2.24, 2.45) is 5.92 Å². The molecule has 2 heterocycles. The van der Waals surface area contributed by atoms with Crippen molar-refractivity contribution in [2.45, 2.75) is 19.9 Å². The molecule has 0 saturated heterocycles. The van der Waals surface area contributed by atoms with Crippen molar-refractivity contribution >= 4 is 23.6 Å². The molecule has 2 N–H and O–H groups in total. The minimum absolute atomic E-state index is 0.0916. The number of hydrogen-bond donors (Lipinski definition) is 2. The zero-order chi connectivity index (χ0) is 19.3. The summed E-state index contributed by atoms with van der Waals surface area (Å²) in [7, 11) is 1.34. The maximum atomic E-state index is 12.6. The molecule has 2 aliphatic heterocycles. The van der Waals surface area contributed by atoms with Crippen LogP contribution in [0.1, 0.15) is 13.8 Å². The first-order valence-corrected chi connectivity index (χ1v) is 7.75. The van der Waals surface area contributed by atoms with Gasteiger partial charge in [-0.05, 0) is 13.0 Å². The number of ether oxygens (including phenoxy) is 1. The number of carbonyl (C=O) groups excluding carboxylic acids is 2. The van der Waals surface area contributed by atoms with Gasteiger partial charge >= 0.3 is 11.9 Å². The van der Waals surface area contributed by atoms with E-state index in [1.54, 1.807) is 13.8 Å². The van der Waals surface area contributed by atoms with Crippen LogP contribution >= 0.6 is 0 Å². The largest absolute Gasteiger partial charge is 0.494 e. The molecule has 1 aliphatic carbocycles. The van der Waals surface area contributed by atoms with Crippen LogP contribution in [0.25, 0.3) is 0 Å². The van der Waals surface area contributed by atoms with E-state index in [0.717, 1.165) is 17.2 Å². The lowest BCUT2D eigenvalue weighted by molar-refractivity contribution is -0.145. The Bertz CT molecular complexity index is 878. The highest BCUT2D eigenvalue weighted by Crippen LogP contribution is 2.41. The summed E-state index contributed by atoms with van der Waals surface area (Å²) in [6.07, 6.45) is 3.38. The van der Waals surface area contributed by atoms with Crippen molar-refractivity contribution < 1.29 is 34.1 Å². The first kappa shape index (κ1) is 17.5. The van der Waals surface area contributed by atoms with Crippen molar-refractivity contribution in [2.75, 3.05) is 7.11 Å². The molecule has 0 aromatic carbocycles. The lowest BCUT2D eigenvalue weighted by Gasteiger charge is -2.47. The van der Waals surface area contributed by atoms with Crippen LogP contribution in [-0.2, 0) is 23.9 Å². The first-order chi connectivity index (χ1) is 12.2. The Morgan fingerprint density at radius 3 is 2.23 bits per heavy atom. The van der Waals surface area contributed by atoms with Crippen molar-refractivity contribution in [1.29, 1.82) is 0 Å². The summed E-state index contributed by atoms with van der Waals surface area (Å²) in [5.41, 5.74) is -0.0222. The third-order valence-corrected chi connectivity index (χ3v) is 4.67. The Morgan fingerprint density at radius 2 is 1.69 bits per heavy atom. The van der Waals surface area contributed by atoms with Crippen LogP contribution < -0.4 is 0 Å². The maximum absolute atomic E-state index is 12.6. The van der Waals surface area contributed by atoms with Gasteiger partial charge in [-0.3, -0.25) is 14.6 Å². The van der Waals surface area contributed by atoms with Crippen LogP contribution in [-0.4, -0.2) is 57.0 Å². The van der Waals surface area contributed by atoms with Gasteiger partial charge in [-0.1, -0.05) is 6.92 Å². The molecule has 0 radical (unpaired) electrons. The summed E-state index contributed by atoms with van der Waals surface area (Å²) < 4.78 is 5.26. The van der Waals surface area contributed by atoms with E-state index in [2.05, 4.69) is 0 Å². The van der Waals surface area contributed by atoms with Crippen LogP contribution in [0.3, 0.4) is 0 Å². The fourth-order valence-electron chi connectivity index (χ4n) is 3.35. The average molecular weight is 360 g/mol. The molecule has 0 saturated carbocycles. The molecule has 0 aromatic heterocycles. The second-order valence-electron chi connectivity index (χ2n) is 6.06. The van der Waals surface area contributed by atoms with Gasteiger partial charge in [0.05, 0.1) is 36.2 Å². The molecule has 0 aromatic rings. The number of methoxy groups -OCH3 is 1. The number of carboxylic acid groups (broad SMARTS) is 2. The Kier molecular flexibility index (Phi) is 3.94. The van der Waals surface area contributed by atoms with Crippen LogP contribution in [0.2, 0.25) is 0 Å². The van der Waals surface area contributed by atoms with E-state index in [1.165, 1.54) is 18.3 Å². The van der Waals surface area contributed by atoms with Crippen molar-refractivity contribution in [3.63, 3.8) is 0 Å². The van der Waals surface area contributed by atoms with Gasteiger partial charge in [0.2, 0.25) is 0 Å². The van der Waals surface area contributed by atoms with E-state index < -0.39 is 35.6 Å². The smallest absolute Gasteiger partial charge is 0.333 e. The molecule has 3 rings (SSSR count). The van der Waals surface area contributed by atoms with E-state index in [0.29, 0.717) is 0 Å². The number of carbonyl (C=O) groups is 4. The summed E-state index contributed by atoms with van der Waals surface area (Å²) in [5, 5.41) is 21.2. The van der Waals surface area contributed by atoms with Crippen LogP contribution in [0, 0.1) is 5.92 Å². The molecule has 3 aliphatic rings. The number of fused-ring (bicyclic) bond motifs is 2.